The molecule has 1 aromatic rings. The molecule has 17 heavy (non-hydrogen) atoms. The highest BCUT2D eigenvalue weighted by Crippen LogP contribution is 2.30. The molecular formula is C12H16N2O3. The van der Waals surface area contributed by atoms with E-state index in [4.69, 9.17) is 4.74 Å². The Kier molecular flexibility index (Phi) is 3.58. The third-order valence-electron chi connectivity index (χ3n) is 3.02. The summed E-state index contributed by atoms with van der Waals surface area (Å²) in [5, 5.41) is 14.2. The molecule has 2 rings (SSSR count). The van der Waals surface area contributed by atoms with Crippen LogP contribution in [0.25, 0.3) is 0 Å². The van der Waals surface area contributed by atoms with E-state index >= 15 is 0 Å². The summed E-state index contributed by atoms with van der Waals surface area (Å²) in [6, 6.07) is 5.17. The van der Waals surface area contributed by atoms with Gasteiger partial charge in [-0.1, -0.05) is 12.1 Å². The summed E-state index contributed by atoms with van der Waals surface area (Å²) in [5.41, 5.74) is 0.718. The molecule has 1 saturated heterocycles. The number of para-hydroxylation sites is 1. The van der Waals surface area contributed by atoms with Crippen molar-refractivity contribution in [2.75, 3.05) is 19.7 Å². The largest absolute Gasteiger partial charge is 0.486 e. The average Bonchev–Trinajstić information content (AvgIpc) is 2.78. The Hall–Kier alpha value is -1.62. The van der Waals surface area contributed by atoms with Gasteiger partial charge in [0.1, 0.15) is 0 Å². The van der Waals surface area contributed by atoms with Gasteiger partial charge in [-0.3, -0.25) is 10.1 Å². The van der Waals surface area contributed by atoms with E-state index in [0.29, 0.717) is 23.8 Å². The van der Waals surface area contributed by atoms with Gasteiger partial charge in [-0.05, 0) is 26.0 Å². The zero-order valence-electron chi connectivity index (χ0n) is 9.81. The van der Waals surface area contributed by atoms with Gasteiger partial charge in [0.25, 0.3) is 0 Å². The van der Waals surface area contributed by atoms with Gasteiger partial charge >= 0.3 is 5.69 Å². The fourth-order valence-electron chi connectivity index (χ4n) is 2.05. The third kappa shape index (κ3) is 2.74. The Morgan fingerprint density at radius 1 is 1.59 bits per heavy atom. The van der Waals surface area contributed by atoms with E-state index in [0.717, 1.165) is 19.5 Å². The molecule has 0 bridgehead atoms. The standard InChI is InChI=1S/C12H16N2O3/c1-9-3-2-4-11(12(9)14(15)16)17-8-10-5-6-13-7-10/h2-4,10,13H,5-8H2,1H3. The van der Waals surface area contributed by atoms with Crippen LogP contribution in [-0.2, 0) is 0 Å². The van der Waals surface area contributed by atoms with Crippen LogP contribution in [0.2, 0.25) is 0 Å². The zero-order chi connectivity index (χ0) is 12.3. The molecule has 0 amide bonds. The number of ether oxygens (including phenoxy) is 1. The number of nitro benzene ring substituents is 1. The first kappa shape index (κ1) is 11.9. The lowest BCUT2D eigenvalue weighted by atomic mass is 10.1. The molecule has 1 fully saturated rings. The normalized spacial score (nSPS) is 19.2. The monoisotopic (exact) mass is 236 g/mol. The molecule has 92 valence electrons. The predicted octanol–water partition coefficient (Wildman–Crippen LogP) is 1.89. The van der Waals surface area contributed by atoms with Crippen molar-refractivity contribution in [1.82, 2.24) is 5.32 Å². The van der Waals surface area contributed by atoms with Gasteiger partial charge in [-0.2, -0.15) is 0 Å². The lowest BCUT2D eigenvalue weighted by Gasteiger charge is -2.11. The van der Waals surface area contributed by atoms with Crippen LogP contribution in [0, 0.1) is 23.0 Å². The Morgan fingerprint density at radius 2 is 2.41 bits per heavy atom. The highest BCUT2D eigenvalue weighted by molar-refractivity contribution is 5.52. The first-order valence-corrected chi connectivity index (χ1v) is 5.76. The van der Waals surface area contributed by atoms with Crippen molar-refractivity contribution in [1.29, 1.82) is 0 Å². The van der Waals surface area contributed by atoms with Crippen molar-refractivity contribution in [3.63, 3.8) is 0 Å². The molecule has 5 heteroatoms. The number of hydrogen-bond acceptors (Lipinski definition) is 4. The van der Waals surface area contributed by atoms with Crippen molar-refractivity contribution >= 4 is 5.69 Å². The van der Waals surface area contributed by atoms with Gasteiger partial charge in [0, 0.05) is 18.0 Å². The van der Waals surface area contributed by atoms with E-state index in [-0.39, 0.29) is 10.6 Å². The van der Waals surface area contributed by atoms with Crippen LogP contribution in [0.15, 0.2) is 18.2 Å². The lowest BCUT2D eigenvalue weighted by Crippen LogP contribution is -2.16. The number of benzene rings is 1. The van der Waals surface area contributed by atoms with Crippen LogP contribution < -0.4 is 10.1 Å². The molecule has 1 aliphatic heterocycles. The van der Waals surface area contributed by atoms with Crippen molar-refractivity contribution < 1.29 is 9.66 Å². The van der Waals surface area contributed by atoms with Crippen LogP contribution in [-0.4, -0.2) is 24.6 Å². The molecule has 0 aliphatic carbocycles. The molecule has 0 spiro atoms. The van der Waals surface area contributed by atoms with Crippen molar-refractivity contribution in [3.05, 3.63) is 33.9 Å². The Morgan fingerprint density at radius 3 is 3.06 bits per heavy atom. The average molecular weight is 236 g/mol. The van der Waals surface area contributed by atoms with E-state index in [1.807, 2.05) is 0 Å². The maximum Gasteiger partial charge on any atom is 0.313 e. The second-order valence-corrected chi connectivity index (χ2v) is 4.35. The molecule has 1 N–H and O–H groups in total. The molecular weight excluding hydrogens is 220 g/mol. The molecule has 1 aliphatic rings. The van der Waals surface area contributed by atoms with Gasteiger partial charge < -0.3 is 10.1 Å². The SMILES string of the molecule is Cc1cccc(OCC2CCNC2)c1[N+](=O)[O-]. The summed E-state index contributed by atoms with van der Waals surface area (Å²) in [5.74, 6) is 0.831. The summed E-state index contributed by atoms with van der Waals surface area (Å²) in [6.45, 7) is 4.20. The minimum absolute atomic E-state index is 0.0819. The van der Waals surface area contributed by atoms with Gasteiger partial charge in [0.15, 0.2) is 5.75 Å². The first-order valence-electron chi connectivity index (χ1n) is 5.76. The molecule has 0 radical (unpaired) electrons. The minimum Gasteiger partial charge on any atom is -0.486 e. The predicted molar refractivity (Wildman–Crippen MR) is 64.3 cm³/mol. The van der Waals surface area contributed by atoms with Crippen molar-refractivity contribution in [2.24, 2.45) is 5.92 Å². The Balaban J connectivity index is 2.09. The van der Waals surface area contributed by atoms with Crippen molar-refractivity contribution in [2.45, 2.75) is 13.3 Å². The highest BCUT2D eigenvalue weighted by Gasteiger charge is 2.20. The first-order chi connectivity index (χ1) is 8.18. The number of hydrogen-bond donors (Lipinski definition) is 1. The summed E-state index contributed by atoms with van der Waals surface area (Å²) < 4.78 is 5.58. The van der Waals surface area contributed by atoms with Crippen LogP contribution in [0.1, 0.15) is 12.0 Å². The van der Waals surface area contributed by atoms with E-state index in [9.17, 15) is 10.1 Å². The maximum absolute atomic E-state index is 11.0. The summed E-state index contributed by atoms with van der Waals surface area (Å²) >= 11 is 0. The van der Waals surface area contributed by atoms with E-state index in [2.05, 4.69) is 5.32 Å². The summed E-state index contributed by atoms with van der Waals surface area (Å²) in [6.07, 6.45) is 1.07. The highest BCUT2D eigenvalue weighted by atomic mass is 16.6. The lowest BCUT2D eigenvalue weighted by molar-refractivity contribution is -0.386. The minimum atomic E-state index is -0.377. The van der Waals surface area contributed by atoms with Crippen LogP contribution in [0.5, 0.6) is 5.75 Å². The second kappa shape index (κ2) is 5.14. The smallest absolute Gasteiger partial charge is 0.313 e. The number of nitrogens with one attached hydrogen (secondary N) is 1. The Bertz CT molecular complexity index is 414. The molecule has 5 nitrogen and oxygen atoms in total. The molecule has 1 aromatic carbocycles. The number of aryl methyl sites for hydroxylation is 1. The Labute approximate surface area is 99.9 Å². The number of nitrogens with zero attached hydrogens (tertiary/aromatic N) is 1. The number of rotatable bonds is 4. The summed E-state index contributed by atoms with van der Waals surface area (Å²) in [7, 11) is 0. The fraction of sp³-hybridized carbons (Fsp3) is 0.500. The molecule has 1 unspecified atom stereocenters. The number of nitro groups is 1. The van der Waals surface area contributed by atoms with Crippen LogP contribution >= 0.6 is 0 Å². The molecule has 0 aromatic heterocycles. The van der Waals surface area contributed by atoms with Crippen LogP contribution in [0.3, 0.4) is 0 Å². The zero-order valence-corrected chi connectivity index (χ0v) is 9.81. The van der Waals surface area contributed by atoms with Crippen molar-refractivity contribution in [3.8, 4) is 5.75 Å². The third-order valence-corrected chi connectivity index (χ3v) is 3.02. The second-order valence-electron chi connectivity index (χ2n) is 4.35. The summed E-state index contributed by atoms with van der Waals surface area (Å²) in [4.78, 5) is 10.6. The van der Waals surface area contributed by atoms with Gasteiger partial charge in [0.2, 0.25) is 0 Å². The van der Waals surface area contributed by atoms with Gasteiger partial charge in [0.05, 0.1) is 11.5 Å². The molecule has 1 heterocycles. The van der Waals surface area contributed by atoms with Gasteiger partial charge in [-0.25, -0.2) is 0 Å². The van der Waals surface area contributed by atoms with E-state index in [1.54, 1.807) is 25.1 Å². The molecule has 0 saturated carbocycles. The quantitative estimate of drug-likeness (QED) is 0.640. The maximum atomic E-state index is 11.0. The van der Waals surface area contributed by atoms with Gasteiger partial charge in [-0.15, -0.1) is 0 Å². The van der Waals surface area contributed by atoms with Crippen LogP contribution in [0.4, 0.5) is 5.69 Å². The molecule has 1 atom stereocenters. The fourth-order valence-corrected chi connectivity index (χ4v) is 2.05. The topological polar surface area (TPSA) is 64.4 Å². The van der Waals surface area contributed by atoms with E-state index in [1.165, 1.54) is 0 Å². The van der Waals surface area contributed by atoms with E-state index < -0.39 is 0 Å².